The zero-order chi connectivity index (χ0) is 18.6. The van der Waals surface area contributed by atoms with Gasteiger partial charge in [-0.2, -0.15) is 0 Å². The number of fused-ring (bicyclic) bond motifs is 1. The molecule has 1 aromatic rings. The van der Waals surface area contributed by atoms with Gasteiger partial charge in [-0.3, -0.25) is 9.59 Å². The third-order valence-corrected chi connectivity index (χ3v) is 5.94. The maximum Gasteiger partial charge on any atom is 0.227 e. The minimum Gasteiger partial charge on any atom is -0.486 e. The molecule has 6 heteroatoms. The number of carbonyl (C=O) groups is 2. The Kier molecular flexibility index (Phi) is 5.50. The Balaban J connectivity index is 1.29. The van der Waals surface area contributed by atoms with Gasteiger partial charge in [-0.15, -0.1) is 0 Å². The molecule has 2 aliphatic heterocycles. The molecule has 2 heterocycles. The molecule has 0 atom stereocenters. The molecule has 0 aromatic heterocycles. The second kappa shape index (κ2) is 8.19. The molecule has 146 valence electrons. The van der Waals surface area contributed by atoms with Gasteiger partial charge >= 0.3 is 0 Å². The quantitative estimate of drug-likeness (QED) is 0.885. The van der Waals surface area contributed by atoms with E-state index in [9.17, 15) is 9.59 Å². The number of carbonyl (C=O) groups excluding carboxylic acids is 2. The second-order valence-corrected chi connectivity index (χ2v) is 7.78. The highest BCUT2D eigenvalue weighted by atomic mass is 16.6. The van der Waals surface area contributed by atoms with Crippen LogP contribution in [0.4, 0.5) is 5.69 Å². The van der Waals surface area contributed by atoms with Crippen LogP contribution >= 0.6 is 0 Å². The number of rotatable bonds is 3. The minimum absolute atomic E-state index is 0.0245. The maximum atomic E-state index is 12.7. The molecule has 4 rings (SSSR count). The summed E-state index contributed by atoms with van der Waals surface area (Å²) in [6.07, 6.45) is 7.12. The average Bonchev–Trinajstić information content (AvgIpc) is 2.74. The van der Waals surface area contributed by atoms with Gasteiger partial charge in [0.2, 0.25) is 11.8 Å². The standard InChI is InChI=1S/C21H28N2O4/c24-20(22-17-6-7-18-19(14-17)27-13-12-26-18)15-8-10-23(11-9-15)21(25)16-4-2-1-3-5-16/h6-7,14-16H,1-5,8-13H2,(H,22,24). The summed E-state index contributed by atoms with van der Waals surface area (Å²) >= 11 is 0. The Morgan fingerprint density at radius 3 is 2.33 bits per heavy atom. The number of piperidine rings is 1. The van der Waals surface area contributed by atoms with Crippen molar-refractivity contribution in [3.05, 3.63) is 18.2 Å². The molecule has 3 aliphatic rings. The first-order valence-corrected chi connectivity index (χ1v) is 10.2. The highest BCUT2D eigenvalue weighted by Crippen LogP contribution is 2.33. The predicted octanol–water partition coefficient (Wildman–Crippen LogP) is 3.22. The molecule has 0 unspecified atom stereocenters. The van der Waals surface area contributed by atoms with E-state index in [1.54, 1.807) is 0 Å². The summed E-state index contributed by atoms with van der Waals surface area (Å²) in [4.78, 5) is 27.3. The lowest BCUT2D eigenvalue weighted by atomic mass is 9.87. The van der Waals surface area contributed by atoms with E-state index >= 15 is 0 Å². The lowest BCUT2D eigenvalue weighted by molar-refractivity contribution is -0.139. The summed E-state index contributed by atoms with van der Waals surface area (Å²) < 4.78 is 11.1. The van der Waals surface area contributed by atoms with Crippen LogP contribution in [0.1, 0.15) is 44.9 Å². The SMILES string of the molecule is O=C(Nc1ccc2c(c1)OCCO2)C1CCN(C(=O)C2CCCCC2)CC1. The van der Waals surface area contributed by atoms with Crippen LogP contribution < -0.4 is 14.8 Å². The first-order valence-electron chi connectivity index (χ1n) is 10.2. The van der Waals surface area contributed by atoms with Gasteiger partial charge in [0.05, 0.1) is 0 Å². The van der Waals surface area contributed by atoms with E-state index in [2.05, 4.69) is 5.32 Å². The summed E-state index contributed by atoms with van der Waals surface area (Å²) in [7, 11) is 0. The van der Waals surface area contributed by atoms with Gasteiger partial charge < -0.3 is 19.7 Å². The molecule has 1 aliphatic carbocycles. The van der Waals surface area contributed by atoms with Crippen molar-refractivity contribution in [2.45, 2.75) is 44.9 Å². The Bertz CT molecular complexity index is 691. The van der Waals surface area contributed by atoms with Gasteiger partial charge in [0.25, 0.3) is 0 Å². The summed E-state index contributed by atoms with van der Waals surface area (Å²) in [6.45, 7) is 2.46. The summed E-state index contributed by atoms with van der Waals surface area (Å²) in [5.41, 5.74) is 0.727. The molecule has 1 N–H and O–H groups in total. The summed E-state index contributed by atoms with van der Waals surface area (Å²) in [5.74, 6) is 1.88. The third-order valence-electron chi connectivity index (χ3n) is 5.94. The largest absolute Gasteiger partial charge is 0.486 e. The number of hydrogen-bond donors (Lipinski definition) is 1. The maximum absolute atomic E-state index is 12.7. The lowest BCUT2D eigenvalue weighted by Crippen LogP contribution is -2.44. The highest BCUT2D eigenvalue weighted by Gasteiger charge is 2.31. The lowest BCUT2D eigenvalue weighted by Gasteiger charge is -2.34. The zero-order valence-electron chi connectivity index (χ0n) is 15.7. The van der Waals surface area contributed by atoms with Crippen LogP contribution in [-0.4, -0.2) is 43.0 Å². The number of ether oxygens (including phenoxy) is 2. The Labute approximate surface area is 160 Å². The van der Waals surface area contributed by atoms with Gasteiger partial charge in [0, 0.05) is 36.7 Å². The van der Waals surface area contributed by atoms with E-state index in [1.807, 2.05) is 23.1 Å². The van der Waals surface area contributed by atoms with E-state index in [4.69, 9.17) is 9.47 Å². The number of likely N-dealkylation sites (tertiary alicyclic amines) is 1. The second-order valence-electron chi connectivity index (χ2n) is 7.78. The van der Waals surface area contributed by atoms with Crippen LogP contribution in [0.2, 0.25) is 0 Å². The van der Waals surface area contributed by atoms with Crippen LogP contribution in [0.5, 0.6) is 11.5 Å². The fourth-order valence-electron chi connectivity index (χ4n) is 4.34. The van der Waals surface area contributed by atoms with E-state index in [0.29, 0.717) is 43.7 Å². The number of benzene rings is 1. The number of anilines is 1. The number of amides is 2. The van der Waals surface area contributed by atoms with Gasteiger partial charge in [-0.05, 0) is 37.8 Å². The van der Waals surface area contributed by atoms with Crippen molar-refractivity contribution in [1.29, 1.82) is 0 Å². The van der Waals surface area contributed by atoms with E-state index in [1.165, 1.54) is 19.3 Å². The van der Waals surface area contributed by atoms with Gasteiger partial charge in [-0.1, -0.05) is 19.3 Å². The molecule has 2 amide bonds. The molecule has 2 fully saturated rings. The van der Waals surface area contributed by atoms with Gasteiger partial charge in [0.1, 0.15) is 13.2 Å². The zero-order valence-corrected chi connectivity index (χ0v) is 15.7. The van der Waals surface area contributed by atoms with Crippen molar-refractivity contribution < 1.29 is 19.1 Å². The number of nitrogens with one attached hydrogen (secondary N) is 1. The molecule has 1 saturated carbocycles. The normalized spacial score (nSPS) is 21.0. The topological polar surface area (TPSA) is 67.9 Å². The molecule has 1 saturated heterocycles. The molecule has 0 spiro atoms. The summed E-state index contributed by atoms with van der Waals surface area (Å²) in [5, 5.41) is 2.99. The van der Waals surface area contributed by atoms with Crippen molar-refractivity contribution in [2.75, 3.05) is 31.6 Å². The van der Waals surface area contributed by atoms with Gasteiger partial charge in [-0.25, -0.2) is 0 Å². The van der Waals surface area contributed by atoms with Gasteiger partial charge in [0.15, 0.2) is 11.5 Å². The molecular formula is C21H28N2O4. The first-order chi connectivity index (χ1) is 13.2. The number of hydrogen-bond acceptors (Lipinski definition) is 4. The number of nitrogens with zero attached hydrogens (tertiary/aromatic N) is 1. The predicted molar refractivity (Wildman–Crippen MR) is 102 cm³/mol. The summed E-state index contributed by atoms with van der Waals surface area (Å²) in [6, 6.07) is 5.48. The van der Waals surface area contributed by atoms with Crippen molar-refractivity contribution >= 4 is 17.5 Å². The fourth-order valence-corrected chi connectivity index (χ4v) is 4.34. The van der Waals surface area contributed by atoms with Crippen LogP contribution in [0.15, 0.2) is 18.2 Å². The molecule has 0 radical (unpaired) electrons. The third kappa shape index (κ3) is 4.20. The van der Waals surface area contributed by atoms with Crippen molar-refractivity contribution in [3.8, 4) is 11.5 Å². The van der Waals surface area contributed by atoms with E-state index in [0.717, 1.165) is 31.4 Å². The molecule has 0 bridgehead atoms. The van der Waals surface area contributed by atoms with Crippen molar-refractivity contribution in [1.82, 2.24) is 4.90 Å². The molecule has 6 nitrogen and oxygen atoms in total. The molecular weight excluding hydrogens is 344 g/mol. The fraction of sp³-hybridized carbons (Fsp3) is 0.619. The monoisotopic (exact) mass is 372 g/mol. The first kappa shape index (κ1) is 18.1. The Hall–Kier alpha value is -2.24. The Morgan fingerprint density at radius 2 is 1.59 bits per heavy atom. The van der Waals surface area contributed by atoms with Crippen LogP contribution in [0.25, 0.3) is 0 Å². The molecule has 1 aromatic carbocycles. The van der Waals surface area contributed by atoms with E-state index < -0.39 is 0 Å². The molecule has 27 heavy (non-hydrogen) atoms. The highest BCUT2D eigenvalue weighted by molar-refractivity contribution is 5.93. The minimum atomic E-state index is -0.0476. The Morgan fingerprint density at radius 1 is 0.889 bits per heavy atom. The van der Waals surface area contributed by atoms with Crippen LogP contribution in [0, 0.1) is 11.8 Å². The van der Waals surface area contributed by atoms with Crippen LogP contribution in [0.3, 0.4) is 0 Å². The van der Waals surface area contributed by atoms with Crippen molar-refractivity contribution in [3.63, 3.8) is 0 Å². The van der Waals surface area contributed by atoms with E-state index in [-0.39, 0.29) is 17.7 Å². The van der Waals surface area contributed by atoms with Crippen molar-refractivity contribution in [2.24, 2.45) is 11.8 Å². The van der Waals surface area contributed by atoms with Crippen LogP contribution in [-0.2, 0) is 9.59 Å². The smallest absolute Gasteiger partial charge is 0.227 e. The average molecular weight is 372 g/mol.